The minimum absolute atomic E-state index is 0.278. The monoisotopic (exact) mass is 339 g/mol. The molecule has 0 bridgehead atoms. The second-order valence-corrected chi connectivity index (χ2v) is 5.86. The summed E-state index contributed by atoms with van der Waals surface area (Å²) in [5.41, 5.74) is 3.53. The summed E-state index contributed by atoms with van der Waals surface area (Å²) in [6.07, 6.45) is 0. The van der Waals surface area contributed by atoms with Crippen LogP contribution in [0.5, 0.6) is 0 Å². The van der Waals surface area contributed by atoms with Crippen LogP contribution in [0.25, 0.3) is 11.1 Å². The van der Waals surface area contributed by atoms with Gasteiger partial charge in [-0.1, -0.05) is 42.5 Å². The van der Waals surface area contributed by atoms with Crippen LogP contribution in [0.4, 0.5) is 8.78 Å². The second-order valence-electron chi connectivity index (χ2n) is 5.86. The maximum Gasteiger partial charge on any atom is 0.133 e. The average Bonchev–Trinajstić information content (AvgIpc) is 2.65. The minimum atomic E-state index is -0.395. The van der Waals surface area contributed by atoms with Crippen molar-refractivity contribution in [2.24, 2.45) is 0 Å². The smallest absolute Gasteiger partial charge is 0.133 e. The van der Waals surface area contributed by atoms with Gasteiger partial charge in [-0.05, 0) is 41.0 Å². The van der Waals surface area contributed by atoms with Crippen LogP contribution >= 0.6 is 0 Å². The van der Waals surface area contributed by atoms with Crippen LogP contribution in [-0.2, 0) is 19.7 Å². The highest BCUT2D eigenvalue weighted by Crippen LogP contribution is 2.25. The van der Waals surface area contributed by atoms with Crippen molar-refractivity contribution in [3.05, 3.63) is 95.1 Å². The van der Waals surface area contributed by atoms with Gasteiger partial charge in [0.2, 0.25) is 0 Å². The summed E-state index contributed by atoms with van der Waals surface area (Å²) >= 11 is 0. The molecule has 4 heteroatoms. The van der Waals surface area contributed by atoms with Crippen LogP contribution in [0.15, 0.2) is 66.7 Å². The third-order valence-electron chi connectivity index (χ3n) is 4.06. The lowest BCUT2D eigenvalue weighted by Gasteiger charge is -2.12. The summed E-state index contributed by atoms with van der Waals surface area (Å²) < 4.78 is 27.4. The van der Waals surface area contributed by atoms with Gasteiger partial charge in [0.25, 0.3) is 0 Å². The topological polar surface area (TPSA) is 32.3 Å². The van der Waals surface area contributed by atoms with E-state index in [0.717, 1.165) is 16.7 Å². The molecule has 2 N–H and O–H groups in total. The van der Waals surface area contributed by atoms with Crippen molar-refractivity contribution in [3.8, 4) is 11.1 Å². The van der Waals surface area contributed by atoms with Crippen molar-refractivity contribution < 1.29 is 13.9 Å². The Bertz CT molecular complexity index is 833. The summed E-state index contributed by atoms with van der Waals surface area (Å²) in [6, 6.07) is 19.3. The van der Waals surface area contributed by atoms with Crippen LogP contribution in [0, 0.1) is 11.6 Å². The molecule has 0 saturated carbocycles. The molecule has 0 fully saturated rings. The van der Waals surface area contributed by atoms with E-state index in [4.69, 9.17) is 0 Å². The van der Waals surface area contributed by atoms with Gasteiger partial charge in [-0.2, -0.15) is 0 Å². The Kier molecular flexibility index (Phi) is 5.53. The first-order valence-electron chi connectivity index (χ1n) is 8.10. The zero-order valence-electron chi connectivity index (χ0n) is 13.7. The largest absolute Gasteiger partial charge is 0.392 e. The molecule has 2 nitrogen and oxygen atoms in total. The highest BCUT2D eigenvalue weighted by molar-refractivity contribution is 5.65. The highest BCUT2D eigenvalue weighted by atomic mass is 19.1. The summed E-state index contributed by atoms with van der Waals surface area (Å²) in [6.45, 7) is 0.470. The SMILES string of the molecule is OCc1cc(-c2ccccc2)cc(CNCc2ccc(F)cc2)c1F. The van der Waals surface area contributed by atoms with Gasteiger partial charge in [0.05, 0.1) is 6.61 Å². The molecular formula is C21H19F2NO. The Morgan fingerprint density at radius 2 is 1.44 bits per heavy atom. The number of aliphatic hydroxyl groups is 1. The number of benzene rings is 3. The van der Waals surface area contributed by atoms with Gasteiger partial charge in [-0.25, -0.2) is 8.78 Å². The van der Waals surface area contributed by atoms with Crippen molar-refractivity contribution in [2.75, 3.05) is 0 Å². The average molecular weight is 339 g/mol. The van der Waals surface area contributed by atoms with Crippen molar-refractivity contribution in [2.45, 2.75) is 19.7 Å². The Balaban J connectivity index is 1.78. The molecule has 0 aliphatic carbocycles. The van der Waals surface area contributed by atoms with Crippen LogP contribution in [-0.4, -0.2) is 5.11 Å². The summed E-state index contributed by atoms with van der Waals surface area (Å²) in [4.78, 5) is 0. The van der Waals surface area contributed by atoms with Crippen LogP contribution in [0.2, 0.25) is 0 Å². The molecule has 3 rings (SSSR count). The molecule has 3 aromatic carbocycles. The standard InChI is InChI=1S/C21H19F2NO/c22-20-8-6-15(7-9-20)12-24-13-18-10-17(11-19(14-25)21(18)23)16-4-2-1-3-5-16/h1-11,24-25H,12-14H2. The number of halogens is 2. The molecule has 0 unspecified atom stereocenters. The maximum absolute atomic E-state index is 14.5. The summed E-state index contributed by atoms with van der Waals surface area (Å²) in [7, 11) is 0. The van der Waals surface area contributed by atoms with Gasteiger partial charge >= 0.3 is 0 Å². The summed E-state index contributed by atoms with van der Waals surface area (Å²) in [5, 5.41) is 12.6. The number of aliphatic hydroxyl groups excluding tert-OH is 1. The fraction of sp³-hybridized carbons (Fsp3) is 0.143. The lowest BCUT2D eigenvalue weighted by atomic mass is 9.99. The molecule has 0 heterocycles. The zero-order valence-corrected chi connectivity index (χ0v) is 13.7. The maximum atomic E-state index is 14.5. The third-order valence-corrected chi connectivity index (χ3v) is 4.06. The predicted octanol–water partition coefficient (Wildman–Crippen LogP) is 4.41. The van der Waals surface area contributed by atoms with E-state index in [1.807, 2.05) is 30.3 Å². The molecule has 0 aliphatic rings. The van der Waals surface area contributed by atoms with E-state index in [-0.39, 0.29) is 18.0 Å². The van der Waals surface area contributed by atoms with Gasteiger partial charge in [0.1, 0.15) is 11.6 Å². The molecule has 25 heavy (non-hydrogen) atoms. The molecule has 0 radical (unpaired) electrons. The number of hydrogen-bond acceptors (Lipinski definition) is 2. The van der Waals surface area contributed by atoms with E-state index in [9.17, 15) is 13.9 Å². The van der Waals surface area contributed by atoms with Gasteiger partial charge in [0, 0.05) is 24.2 Å². The lowest BCUT2D eigenvalue weighted by molar-refractivity contribution is 0.275. The van der Waals surface area contributed by atoms with Crippen molar-refractivity contribution >= 4 is 0 Å². The van der Waals surface area contributed by atoms with Crippen molar-refractivity contribution in [3.63, 3.8) is 0 Å². The van der Waals surface area contributed by atoms with E-state index in [0.29, 0.717) is 18.7 Å². The van der Waals surface area contributed by atoms with Crippen LogP contribution in [0.1, 0.15) is 16.7 Å². The molecule has 128 valence electrons. The van der Waals surface area contributed by atoms with Crippen LogP contribution in [0.3, 0.4) is 0 Å². The molecule has 0 spiro atoms. The number of nitrogens with one attached hydrogen (secondary N) is 1. The molecular weight excluding hydrogens is 320 g/mol. The normalized spacial score (nSPS) is 10.8. The minimum Gasteiger partial charge on any atom is -0.392 e. The molecule has 0 aromatic heterocycles. The predicted molar refractivity (Wildman–Crippen MR) is 94.7 cm³/mol. The fourth-order valence-electron chi connectivity index (χ4n) is 2.73. The Morgan fingerprint density at radius 1 is 0.760 bits per heavy atom. The highest BCUT2D eigenvalue weighted by Gasteiger charge is 2.11. The molecule has 0 atom stereocenters. The summed E-state index contributed by atoms with van der Waals surface area (Å²) in [5.74, 6) is -0.674. The van der Waals surface area contributed by atoms with E-state index in [1.165, 1.54) is 12.1 Å². The second kappa shape index (κ2) is 8.01. The Hall–Kier alpha value is -2.56. The van der Waals surface area contributed by atoms with Gasteiger partial charge < -0.3 is 10.4 Å². The first-order valence-corrected chi connectivity index (χ1v) is 8.10. The third kappa shape index (κ3) is 4.29. The van der Waals surface area contributed by atoms with Gasteiger partial charge in [-0.3, -0.25) is 0 Å². The molecule has 0 aliphatic heterocycles. The first-order chi connectivity index (χ1) is 12.2. The lowest BCUT2D eigenvalue weighted by Crippen LogP contribution is -2.14. The Labute approximate surface area is 145 Å². The van der Waals surface area contributed by atoms with E-state index in [2.05, 4.69) is 5.32 Å². The van der Waals surface area contributed by atoms with Crippen molar-refractivity contribution in [1.82, 2.24) is 5.32 Å². The quantitative estimate of drug-likeness (QED) is 0.697. The van der Waals surface area contributed by atoms with Gasteiger partial charge in [-0.15, -0.1) is 0 Å². The molecule has 3 aromatic rings. The number of hydrogen-bond donors (Lipinski definition) is 2. The van der Waals surface area contributed by atoms with Gasteiger partial charge in [0.15, 0.2) is 0 Å². The van der Waals surface area contributed by atoms with Crippen LogP contribution < -0.4 is 5.32 Å². The van der Waals surface area contributed by atoms with E-state index in [1.54, 1.807) is 24.3 Å². The number of rotatable bonds is 6. The molecule has 0 saturated heterocycles. The van der Waals surface area contributed by atoms with Crippen molar-refractivity contribution in [1.29, 1.82) is 0 Å². The van der Waals surface area contributed by atoms with E-state index >= 15 is 0 Å². The molecule has 0 amide bonds. The zero-order chi connectivity index (χ0) is 17.6. The van der Waals surface area contributed by atoms with E-state index < -0.39 is 5.82 Å². The first kappa shape index (κ1) is 17.3. The fourth-order valence-corrected chi connectivity index (χ4v) is 2.73. The Morgan fingerprint density at radius 3 is 2.12 bits per heavy atom.